The van der Waals surface area contributed by atoms with Crippen molar-refractivity contribution in [1.29, 1.82) is 0 Å². The number of imidazole rings is 1. The molecule has 0 unspecified atom stereocenters. The van der Waals surface area contributed by atoms with E-state index in [-0.39, 0.29) is 5.75 Å². The van der Waals surface area contributed by atoms with Crippen LogP contribution in [0.2, 0.25) is 5.02 Å². The van der Waals surface area contributed by atoms with Crippen molar-refractivity contribution in [2.45, 2.75) is 6.54 Å². The predicted octanol–water partition coefficient (Wildman–Crippen LogP) is 5.19. The SMILES string of the molecule is Oc1ccc(Cl)cc1/C=N/c1nc2ccccc2n1Cc1ccccc1. The first-order valence-corrected chi connectivity index (χ1v) is 8.60. The zero-order valence-electron chi connectivity index (χ0n) is 13.9. The highest BCUT2D eigenvalue weighted by Crippen LogP contribution is 2.25. The first kappa shape index (κ1) is 16.4. The zero-order valence-corrected chi connectivity index (χ0v) is 14.6. The molecule has 0 spiro atoms. The van der Waals surface area contributed by atoms with Gasteiger partial charge in [-0.3, -0.25) is 0 Å². The van der Waals surface area contributed by atoms with Gasteiger partial charge in [-0.25, -0.2) is 9.98 Å². The van der Waals surface area contributed by atoms with E-state index in [0.717, 1.165) is 16.6 Å². The number of aliphatic imine (C=N–C) groups is 1. The van der Waals surface area contributed by atoms with Gasteiger partial charge in [0.1, 0.15) is 5.75 Å². The van der Waals surface area contributed by atoms with Gasteiger partial charge >= 0.3 is 0 Å². The monoisotopic (exact) mass is 361 g/mol. The molecule has 1 heterocycles. The molecule has 4 aromatic rings. The van der Waals surface area contributed by atoms with Crippen molar-refractivity contribution < 1.29 is 5.11 Å². The second-order valence-corrected chi connectivity index (χ2v) is 6.37. The molecular weight excluding hydrogens is 346 g/mol. The Morgan fingerprint density at radius 1 is 1.00 bits per heavy atom. The van der Waals surface area contributed by atoms with Gasteiger partial charge in [-0.15, -0.1) is 0 Å². The summed E-state index contributed by atoms with van der Waals surface area (Å²) in [6.45, 7) is 0.662. The Morgan fingerprint density at radius 2 is 1.77 bits per heavy atom. The molecular formula is C21H16ClN3O. The molecule has 4 rings (SSSR count). The number of aromatic hydroxyl groups is 1. The Hall–Kier alpha value is -3.11. The van der Waals surface area contributed by atoms with Gasteiger partial charge in [-0.05, 0) is 35.9 Å². The van der Waals surface area contributed by atoms with Crippen LogP contribution < -0.4 is 0 Å². The average Bonchev–Trinajstić information content (AvgIpc) is 3.01. The number of hydrogen-bond donors (Lipinski definition) is 1. The molecule has 4 nitrogen and oxygen atoms in total. The van der Waals surface area contributed by atoms with Gasteiger partial charge in [0, 0.05) is 16.8 Å². The quantitative estimate of drug-likeness (QED) is 0.508. The number of rotatable bonds is 4. The lowest BCUT2D eigenvalue weighted by Gasteiger charge is -2.07. The van der Waals surface area contributed by atoms with Gasteiger partial charge in [0.15, 0.2) is 0 Å². The Bertz CT molecular complexity index is 1090. The Labute approximate surface area is 156 Å². The molecule has 1 aromatic heterocycles. The van der Waals surface area contributed by atoms with E-state index in [9.17, 15) is 5.11 Å². The third kappa shape index (κ3) is 3.32. The van der Waals surface area contributed by atoms with Gasteiger partial charge in [-0.2, -0.15) is 0 Å². The third-order valence-electron chi connectivity index (χ3n) is 4.13. The summed E-state index contributed by atoms with van der Waals surface area (Å²) in [5.41, 5.74) is 3.61. The summed E-state index contributed by atoms with van der Waals surface area (Å²) in [5, 5.41) is 10.5. The number of para-hydroxylation sites is 2. The molecule has 5 heteroatoms. The molecule has 0 aliphatic rings. The van der Waals surface area contributed by atoms with Gasteiger partial charge in [0.2, 0.25) is 5.95 Å². The van der Waals surface area contributed by atoms with Crippen LogP contribution in [0.25, 0.3) is 11.0 Å². The summed E-state index contributed by atoms with van der Waals surface area (Å²) < 4.78 is 2.06. The summed E-state index contributed by atoms with van der Waals surface area (Å²) >= 11 is 6.01. The Balaban J connectivity index is 1.78. The van der Waals surface area contributed by atoms with Crippen LogP contribution in [0.5, 0.6) is 5.75 Å². The van der Waals surface area contributed by atoms with E-state index < -0.39 is 0 Å². The molecule has 0 bridgehead atoms. The first-order chi connectivity index (χ1) is 12.7. The first-order valence-electron chi connectivity index (χ1n) is 8.22. The number of halogens is 1. The van der Waals surface area contributed by atoms with Crippen molar-refractivity contribution in [2.75, 3.05) is 0 Å². The van der Waals surface area contributed by atoms with Crippen LogP contribution in [0.3, 0.4) is 0 Å². The second kappa shape index (κ2) is 7.02. The van der Waals surface area contributed by atoms with E-state index in [0.29, 0.717) is 23.1 Å². The molecule has 0 amide bonds. The molecule has 0 atom stereocenters. The van der Waals surface area contributed by atoms with E-state index in [1.807, 2.05) is 42.5 Å². The average molecular weight is 362 g/mol. The van der Waals surface area contributed by atoms with Crippen LogP contribution in [0.1, 0.15) is 11.1 Å². The highest BCUT2D eigenvalue weighted by molar-refractivity contribution is 6.30. The number of nitrogens with zero attached hydrogens (tertiary/aromatic N) is 3. The molecule has 3 aromatic carbocycles. The smallest absolute Gasteiger partial charge is 0.230 e. The van der Waals surface area contributed by atoms with Crippen molar-refractivity contribution in [3.63, 3.8) is 0 Å². The topological polar surface area (TPSA) is 50.4 Å². The van der Waals surface area contributed by atoms with Gasteiger partial charge < -0.3 is 9.67 Å². The normalized spacial score (nSPS) is 11.4. The maximum Gasteiger partial charge on any atom is 0.230 e. The van der Waals surface area contributed by atoms with E-state index >= 15 is 0 Å². The number of aromatic nitrogens is 2. The highest BCUT2D eigenvalue weighted by atomic mass is 35.5. The molecule has 0 aliphatic heterocycles. The lowest BCUT2D eigenvalue weighted by Crippen LogP contribution is -1.99. The van der Waals surface area contributed by atoms with Crippen LogP contribution in [-0.2, 0) is 6.54 Å². The number of hydrogen-bond acceptors (Lipinski definition) is 3. The Kier molecular flexibility index (Phi) is 4.42. The summed E-state index contributed by atoms with van der Waals surface area (Å²) in [7, 11) is 0. The summed E-state index contributed by atoms with van der Waals surface area (Å²) in [4.78, 5) is 9.15. The molecule has 0 saturated carbocycles. The lowest BCUT2D eigenvalue weighted by molar-refractivity contribution is 0.474. The van der Waals surface area contributed by atoms with Crippen molar-refractivity contribution in [1.82, 2.24) is 9.55 Å². The minimum Gasteiger partial charge on any atom is -0.507 e. The molecule has 0 fully saturated rings. The predicted molar refractivity (Wildman–Crippen MR) is 106 cm³/mol. The minimum atomic E-state index is 0.129. The molecule has 128 valence electrons. The van der Waals surface area contributed by atoms with Crippen molar-refractivity contribution in [2.24, 2.45) is 4.99 Å². The zero-order chi connectivity index (χ0) is 17.9. The van der Waals surface area contributed by atoms with Gasteiger partial charge in [-0.1, -0.05) is 54.1 Å². The van der Waals surface area contributed by atoms with Crippen LogP contribution >= 0.6 is 11.6 Å². The van der Waals surface area contributed by atoms with Crippen molar-refractivity contribution in [3.05, 3.63) is 88.9 Å². The number of phenols is 1. The van der Waals surface area contributed by atoms with Crippen LogP contribution in [0.15, 0.2) is 77.8 Å². The summed E-state index contributed by atoms with van der Waals surface area (Å²) in [6.07, 6.45) is 1.59. The third-order valence-corrected chi connectivity index (χ3v) is 4.36. The van der Waals surface area contributed by atoms with Crippen LogP contribution in [0.4, 0.5) is 5.95 Å². The number of benzene rings is 3. The van der Waals surface area contributed by atoms with E-state index in [1.165, 1.54) is 0 Å². The standard InChI is InChI=1S/C21H16ClN3O/c22-17-10-11-20(26)16(12-17)13-23-21-24-18-8-4-5-9-19(18)25(21)14-15-6-2-1-3-7-15/h1-13,26H,14H2/b23-13+. The Morgan fingerprint density at radius 3 is 2.62 bits per heavy atom. The highest BCUT2D eigenvalue weighted by Gasteiger charge is 2.10. The second-order valence-electron chi connectivity index (χ2n) is 5.93. The number of fused-ring (bicyclic) bond motifs is 1. The fraction of sp³-hybridized carbons (Fsp3) is 0.0476. The molecule has 0 aliphatic carbocycles. The van der Waals surface area contributed by atoms with E-state index in [4.69, 9.17) is 11.6 Å². The minimum absolute atomic E-state index is 0.129. The number of phenolic OH excluding ortho intramolecular Hbond substituents is 1. The largest absolute Gasteiger partial charge is 0.507 e. The maximum atomic E-state index is 9.98. The molecule has 26 heavy (non-hydrogen) atoms. The van der Waals surface area contributed by atoms with Gasteiger partial charge in [0.25, 0.3) is 0 Å². The van der Waals surface area contributed by atoms with E-state index in [2.05, 4.69) is 26.7 Å². The molecule has 0 radical (unpaired) electrons. The van der Waals surface area contributed by atoms with E-state index in [1.54, 1.807) is 24.4 Å². The molecule has 1 N–H and O–H groups in total. The van der Waals surface area contributed by atoms with Crippen molar-refractivity contribution >= 4 is 34.8 Å². The summed E-state index contributed by atoms with van der Waals surface area (Å²) in [6, 6.07) is 23.0. The van der Waals surface area contributed by atoms with Crippen LogP contribution in [0, 0.1) is 0 Å². The fourth-order valence-electron chi connectivity index (χ4n) is 2.84. The van der Waals surface area contributed by atoms with Crippen LogP contribution in [-0.4, -0.2) is 20.9 Å². The maximum absolute atomic E-state index is 9.98. The van der Waals surface area contributed by atoms with Crippen molar-refractivity contribution in [3.8, 4) is 5.75 Å². The lowest BCUT2D eigenvalue weighted by atomic mass is 10.2. The summed E-state index contributed by atoms with van der Waals surface area (Å²) in [5.74, 6) is 0.707. The van der Waals surface area contributed by atoms with Gasteiger partial charge in [0.05, 0.1) is 17.6 Å². The molecule has 0 saturated heterocycles. The fourth-order valence-corrected chi connectivity index (χ4v) is 3.02.